The molecule has 0 atom stereocenters. The van der Waals surface area contributed by atoms with E-state index in [0.717, 1.165) is 22.3 Å². The highest BCUT2D eigenvalue weighted by Crippen LogP contribution is 2.35. The van der Waals surface area contributed by atoms with Crippen molar-refractivity contribution in [2.45, 2.75) is 11.8 Å². The van der Waals surface area contributed by atoms with E-state index in [1.807, 2.05) is 25.1 Å². The molecular weight excluding hydrogens is 444 g/mol. The number of hydrogen-bond acceptors (Lipinski definition) is 5. The summed E-state index contributed by atoms with van der Waals surface area (Å²) in [6, 6.07) is 15.9. The van der Waals surface area contributed by atoms with Crippen LogP contribution in [-0.4, -0.2) is 27.3 Å². The number of nitrogens with zero attached hydrogens (tertiary/aromatic N) is 4. The van der Waals surface area contributed by atoms with Crippen LogP contribution in [-0.2, 0) is 10.0 Å². The minimum Gasteiger partial charge on any atom is -0.264 e. The molecule has 0 spiro atoms. The molecule has 0 fully saturated rings. The predicted molar refractivity (Wildman–Crippen MR) is 125 cm³/mol. The number of hydrogen-bond donors (Lipinski definition) is 0. The van der Waals surface area contributed by atoms with Crippen LogP contribution in [0.2, 0.25) is 5.15 Å². The van der Waals surface area contributed by atoms with Crippen molar-refractivity contribution in [3.63, 3.8) is 0 Å². The van der Waals surface area contributed by atoms with Gasteiger partial charge in [-0.15, -0.1) is 0 Å². The van der Waals surface area contributed by atoms with Gasteiger partial charge in [0, 0.05) is 53.1 Å². The highest BCUT2D eigenvalue weighted by molar-refractivity contribution is 7.90. The van der Waals surface area contributed by atoms with Crippen molar-refractivity contribution in [1.29, 1.82) is 0 Å². The van der Waals surface area contributed by atoms with Crippen LogP contribution in [0.4, 0.5) is 0 Å². The second-order valence-corrected chi connectivity index (χ2v) is 9.56. The number of pyridine rings is 3. The van der Waals surface area contributed by atoms with Gasteiger partial charge in [-0.1, -0.05) is 35.4 Å². The fourth-order valence-corrected chi connectivity index (χ4v) is 5.08. The molecular formula is C24H17ClN4O2S. The molecule has 0 amide bonds. The maximum atomic E-state index is 13.5. The summed E-state index contributed by atoms with van der Waals surface area (Å²) in [5.41, 5.74) is 4.47. The molecule has 0 saturated carbocycles. The zero-order valence-electron chi connectivity index (χ0n) is 17.0. The summed E-state index contributed by atoms with van der Waals surface area (Å²) in [5, 5.41) is 1.01. The Hall–Kier alpha value is -3.55. The van der Waals surface area contributed by atoms with Gasteiger partial charge < -0.3 is 0 Å². The first-order chi connectivity index (χ1) is 15.4. The molecule has 0 aliphatic carbocycles. The number of rotatable bonds is 4. The van der Waals surface area contributed by atoms with E-state index >= 15 is 0 Å². The van der Waals surface area contributed by atoms with Crippen molar-refractivity contribution >= 4 is 32.7 Å². The molecule has 0 radical (unpaired) electrons. The third kappa shape index (κ3) is 3.55. The van der Waals surface area contributed by atoms with Crippen LogP contribution in [0.25, 0.3) is 33.3 Å². The van der Waals surface area contributed by atoms with Crippen LogP contribution in [0, 0.1) is 6.92 Å². The fraction of sp³-hybridized carbons (Fsp3) is 0.0417. The molecule has 8 heteroatoms. The number of aromatic nitrogens is 4. The van der Waals surface area contributed by atoms with E-state index in [0.29, 0.717) is 21.7 Å². The quantitative estimate of drug-likeness (QED) is 0.337. The van der Waals surface area contributed by atoms with Crippen molar-refractivity contribution in [2.24, 2.45) is 0 Å². The summed E-state index contributed by atoms with van der Waals surface area (Å²) in [6.07, 6.45) is 8.28. The molecule has 4 heterocycles. The second kappa shape index (κ2) is 7.85. The fourth-order valence-electron chi connectivity index (χ4n) is 3.58. The molecule has 32 heavy (non-hydrogen) atoms. The number of fused-ring (bicyclic) bond motifs is 1. The molecule has 0 aliphatic rings. The first-order valence-electron chi connectivity index (χ1n) is 9.79. The molecule has 0 aliphatic heterocycles. The minimum atomic E-state index is -3.86. The molecule has 5 rings (SSSR count). The summed E-state index contributed by atoms with van der Waals surface area (Å²) >= 11 is 6.12. The molecule has 4 aromatic heterocycles. The van der Waals surface area contributed by atoms with Crippen LogP contribution in [0.1, 0.15) is 5.56 Å². The Labute approximate surface area is 190 Å². The maximum absolute atomic E-state index is 13.5. The Morgan fingerprint density at radius 3 is 2.41 bits per heavy atom. The van der Waals surface area contributed by atoms with Crippen molar-refractivity contribution in [3.05, 3.63) is 96.3 Å². The van der Waals surface area contributed by atoms with E-state index < -0.39 is 10.0 Å². The van der Waals surface area contributed by atoms with Crippen molar-refractivity contribution in [2.75, 3.05) is 0 Å². The first-order valence-corrected chi connectivity index (χ1v) is 11.6. The molecule has 0 saturated heterocycles. The van der Waals surface area contributed by atoms with Gasteiger partial charge in [0.25, 0.3) is 10.0 Å². The monoisotopic (exact) mass is 460 g/mol. The lowest BCUT2D eigenvalue weighted by atomic mass is 10.0. The number of benzene rings is 1. The lowest BCUT2D eigenvalue weighted by Crippen LogP contribution is -2.12. The van der Waals surface area contributed by atoms with Crippen molar-refractivity contribution < 1.29 is 8.42 Å². The highest BCUT2D eigenvalue weighted by Gasteiger charge is 2.23. The molecule has 5 aromatic rings. The topological polar surface area (TPSA) is 77.7 Å². The second-order valence-electron chi connectivity index (χ2n) is 7.36. The Balaban J connectivity index is 1.78. The van der Waals surface area contributed by atoms with Gasteiger partial charge in [-0.3, -0.25) is 4.98 Å². The van der Waals surface area contributed by atoms with Gasteiger partial charge in [-0.05, 0) is 48.9 Å². The van der Waals surface area contributed by atoms with Crippen molar-refractivity contribution in [3.8, 4) is 22.3 Å². The Morgan fingerprint density at radius 1 is 0.875 bits per heavy atom. The Morgan fingerprint density at radius 2 is 1.69 bits per heavy atom. The van der Waals surface area contributed by atoms with E-state index in [1.54, 1.807) is 67.4 Å². The molecule has 0 unspecified atom stereocenters. The lowest BCUT2D eigenvalue weighted by Gasteiger charge is -2.08. The SMILES string of the molecule is Cc1ccc(S(=O)(=O)n2cc(-c3ccnc(Cl)c3)c3cc(-c4cccnc4)cnc32)cc1. The minimum absolute atomic E-state index is 0.192. The standard InChI is InChI=1S/C24H17ClN4O2S/c1-16-4-6-20(7-5-16)32(30,31)29-15-22(17-8-10-27-23(25)12-17)21-11-19(14-28-24(21)29)18-3-2-9-26-13-18/h2-15H,1H3. The van der Waals surface area contributed by atoms with Gasteiger partial charge in [0.2, 0.25) is 0 Å². The number of halogens is 1. The third-order valence-electron chi connectivity index (χ3n) is 5.22. The average Bonchev–Trinajstić information content (AvgIpc) is 3.20. The zero-order chi connectivity index (χ0) is 22.3. The maximum Gasteiger partial charge on any atom is 0.269 e. The van der Waals surface area contributed by atoms with Gasteiger partial charge in [0.1, 0.15) is 5.15 Å². The van der Waals surface area contributed by atoms with Crippen LogP contribution in [0.3, 0.4) is 0 Å². The molecule has 0 N–H and O–H groups in total. The van der Waals surface area contributed by atoms with Crippen LogP contribution in [0.15, 0.2) is 90.5 Å². The van der Waals surface area contributed by atoms with E-state index in [-0.39, 0.29) is 4.90 Å². The van der Waals surface area contributed by atoms with Crippen molar-refractivity contribution in [1.82, 2.24) is 18.9 Å². The van der Waals surface area contributed by atoms with Gasteiger partial charge in [0.15, 0.2) is 5.65 Å². The summed E-state index contributed by atoms with van der Waals surface area (Å²) in [7, 11) is -3.86. The molecule has 1 aromatic carbocycles. The van der Waals surface area contributed by atoms with E-state index in [9.17, 15) is 8.42 Å². The zero-order valence-corrected chi connectivity index (χ0v) is 18.5. The van der Waals surface area contributed by atoms with Gasteiger partial charge in [-0.2, -0.15) is 0 Å². The summed E-state index contributed by atoms with van der Waals surface area (Å²) in [4.78, 5) is 12.9. The Bertz CT molecular complexity index is 1550. The lowest BCUT2D eigenvalue weighted by molar-refractivity contribution is 0.589. The summed E-state index contributed by atoms with van der Waals surface area (Å²) in [6.45, 7) is 1.91. The smallest absolute Gasteiger partial charge is 0.264 e. The number of aryl methyl sites for hydroxylation is 1. The van der Waals surface area contributed by atoms with Crippen LogP contribution < -0.4 is 0 Å². The van der Waals surface area contributed by atoms with E-state index in [2.05, 4.69) is 15.0 Å². The Kier molecular flexibility index (Phi) is 5.00. The van der Waals surface area contributed by atoms with Gasteiger partial charge >= 0.3 is 0 Å². The van der Waals surface area contributed by atoms with Crippen LogP contribution in [0.5, 0.6) is 0 Å². The summed E-state index contributed by atoms with van der Waals surface area (Å²) in [5.74, 6) is 0. The predicted octanol–water partition coefficient (Wildman–Crippen LogP) is 5.36. The largest absolute Gasteiger partial charge is 0.269 e. The molecule has 158 valence electrons. The highest BCUT2D eigenvalue weighted by atomic mass is 35.5. The molecule has 6 nitrogen and oxygen atoms in total. The third-order valence-corrected chi connectivity index (χ3v) is 7.09. The molecule has 0 bridgehead atoms. The van der Waals surface area contributed by atoms with E-state index in [4.69, 9.17) is 11.6 Å². The van der Waals surface area contributed by atoms with Crippen LogP contribution >= 0.6 is 11.6 Å². The average molecular weight is 461 g/mol. The first kappa shape index (κ1) is 20.4. The van der Waals surface area contributed by atoms with E-state index in [1.165, 1.54) is 3.97 Å². The van der Waals surface area contributed by atoms with Gasteiger partial charge in [0.05, 0.1) is 4.90 Å². The summed E-state index contributed by atoms with van der Waals surface area (Å²) < 4.78 is 28.2. The van der Waals surface area contributed by atoms with Gasteiger partial charge in [-0.25, -0.2) is 22.4 Å². The normalized spacial score (nSPS) is 11.7.